The van der Waals surface area contributed by atoms with Gasteiger partial charge in [0.2, 0.25) is 11.0 Å². The maximum absolute atomic E-state index is 13.3. The number of ether oxygens (including phenoxy) is 1. The Labute approximate surface area is 157 Å². The van der Waals surface area contributed by atoms with Crippen molar-refractivity contribution in [3.8, 4) is 11.5 Å². The number of fused-ring (bicyclic) bond motifs is 2. The van der Waals surface area contributed by atoms with Crippen molar-refractivity contribution in [1.29, 1.82) is 0 Å². The SMILES string of the molecule is Cc1cccc(C)c1OC(=O)c1c2ccccc2[n+](C)c2ccc(O)cc12. The van der Waals surface area contributed by atoms with Crippen molar-refractivity contribution in [1.82, 2.24) is 0 Å². The Kier molecular flexibility index (Phi) is 4.04. The van der Waals surface area contributed by atoms with Gasteiger partial charge in [-0.3, -0.25) is 0 Å². The lowest BCUT2D eigenvalue weighted by atomic mass is 10.0. The number of phenols is 1. The first-order valence-electron chi connectivity index (χ1n) is 8.79. The number of nitrogens with zero attached hydrogens (tertiary/aromatic N) is 1. The van der Waals surface area contributed by atoms with E-state index in [1.165, 1.54) is 0 Å². The summed E-state index contributed by atoms with van der Waals surface area (Å²) in [6, 6.07) is 18.5. The Bertz CT molecular complexity index is 1190. The lowest BCUT2D eigenvalue weighted by Gasteiger charge is -2.13. The minimum absolute atomic E-state index is 0.110. The highest BCUT2D eigenvalue weighted by Crippen LogP contribution is 2.30. The largest absolute Gasteiger partial charge is 0.508 e. The lowest BCUT2D eigenvalue weighted by Crippen LogP contribution is -2.31. The predicted octanol–water partition coefficient (Wildman–Crippen LogP) is 4.36. The summed E-state index contributed by atoms with van der Waals surface area (Å²) in [5.41, 5.74) is 4.03. The molecule has 0 atom stereocenters. The predicted molar refractivity (Wildman–Crippen MR) is 105 cm³/mol. The molecule has 0 aliphatic heterocycles. The third kappa shape index (κ3) is 2.79. The molecule has 4 rings (SSSR count). The standard InChI is InChI=1S/C23H19NO3/c1-14-7-6-8-15(2)22(14)27-23(26)21-17-9-4-5-10-19(17)24(3)20-12-11-16(25)13-18(20)21/h4-13H,1-3H3/p+1. The zero-order valence-corrected chi connectivity index (χ0v) is 15.5. The van der Waals surface area contributed by atoms with Crippen LogP contribution < -0.4 is 9.30 Å². The van der Waals surface area contributed by atoms with Crippen molar-refractivity contribution in [3.05, 3.63) is 77.4 Å². The van der Waals surface area contributed by atoms with Crippen LogP contribution in [0.3, 0.4) is 0 Å². The normalized spacial score (nSPS) is 11.1. The second-order valence-electron chi connectivity index (χ2n) is 6.76. The topological polar surface area (TPSA) is 50.4 Å². The first-order chi connectivity index (χ1) is 13.0. The smallest absolute Gasteiger partial charge is 0.345 e. The fourth-order valence-corrected chi connectivity index (χ4v) is 3.59. The number of hydrogen-bond donors (Lipinski definition) is 1. The van der Waals surface area contributed by atoms with E-state index in [2.05, 4.69) is 0 Å². The van der Waals surface area contributed by atoms with Crippen molar-refractivity contribution in [2.75, 3.05) is 0 Å². The Morgan fingerprint density at radius 3 is 2.30 bits per heavy atom. The lowest BCUT2D eigenvalue weighted by molar-refractivity contribution is -0.617. The molecule has 1 N–H and O–H groups in total. The van der Waals surface area contributed by atoms with Crippen LogP contribution in [0.1, 0.15) is 21.5 Å². The molecule has 0 saturated heterocycles. The van der Waals surface area contributed by atoms with E-state index in [4.69, 9.17) is 4.74 Å². The monoisotopic (exact) mass is 358 g/mol. The van der Waals surface area contributed by atoms with Gasteiger partial charge in [0.25, 0.3) is 0 Å². The molecular weight excluding hydrogens is 338 g/mol. The van der Waals surface area contributed by atoms with Gasteiger partial charge in [0.15, 0.2) is 0 Å². The molecule has 0 amide bonds. The number of hydrogen-bond acceptors (Lipinski definition) is 3. The highest BCUT2D eigenvalue weighted by atomic mass is 16.5. The maximum atomic E-state index is 13.3. The second kappa shape index (κ2) is 6.40. The summed E-state index contributed by atoms with van der Waals surface area (Å²) in [5, 5.41) is 11.5. The van der Waals surface area contributed by atoms with E-state index < -0.39 is 5.97 Å². The summed E-state index contributed by atoms with van der Waals surface area (Å²) in [4.78, 5) is 13.3. The molecule has 1 aromatic heterocycles. The van der Waals surface area contributed by atoms with Crippen molar-refractivity contribution in [3.63, 3.8) is 0 Å². The molecule has 0 spiro atoms. The molecule has 134 valence electrons. The van der Waals surface area contributed by atoms with Gasteiger partial charge in [-0.2, -0.15) is 4.57 Å². The number of pyridine rings is 1. The Morgan fingerprint density at radius 2 is 1.56 bits per heavy atom. The molecule has 4 aromatic rings. The van der Waals surface area contributed by atoms with Gasteiger partial charge >= 0.3 is 5.97 Å². The third-order valence-corrected chi connectivity index (χ3v) is 4.95. The molecule has 27 heavy (non-hydrogen) atoms. The van der Waals surface area contributed by atoms with E-state index in [0.29, 0.717) is 16.7 Å². The molecule has 0 radical (unpaired) electrons. The van der Waals surface area contributed by atoms with E-state index in [0.717, 1.165) is 27.5 Å². The number of esters is 1. The average Bonchev–Trinajstić information content (AvgIpc) is 2.65. The molecular formula is C23H20NO3+. The van der Waals surface area contributed by atoms with Crippen LogP contribution in [0.2, 0.25) is 0 Å². The number of rotatable bonds is 2. The number of phenolic OH excluding ortho intramolecular Hbond substituents is 1. The first-order valence-corrected chi connectivity index (χ1v) is 8.79. The fourth-order valence-electron chi connectivity index (χ4n) is 3.59. The highest BCUT2D eigenvalue weighted by Gasteiger charge is 2.24. The number of carbonyl (C=O) groups is 1. The van der Waals surface area contributed by atoms with Gasteiger partial charge in [-0.05, 0) is 43.2 Å². The Morgan fingerprint density at radius 1 is 0.889 bits per heavy atom. The van der Waals surface area contributed by atoms with Crippen molar-refractivity contribution >= 4 is 27.8 Å². The Hall–Kier alpha value is -3.40. The number of para-hydroxylation sites is 2. The molecule has 0 unspecified atom stereocenters. The van der Waals surface area contributed by atoms with Gasteiger partial charge in [0.05, 0.1) is 16.3 Å². The molecule has 4 heteroatoms. The van der Waals surface area contributed by atoms with Gasteiger partial charge in [-0.1, -0.05) is 30.3 Å². The van der Waals surface area contributed by atoms with E-state index in [9.17, 15) is 9.90 Å². The quantitative estimate of drug-likeness (QED) is 0.251. The van der Waals surface area contributed by atoms with Crippen LogP contribution in [-0.2, 0) is 7.05 Å². The summed E-state index contributed by atoms with van der Waals surface area (Å²) >= 11 is 0. The minimum atomic E-state index is -0.431. The molecule has 0 saturated carbocycles. The third-order valence-electron chi connectivity index (χ3n) is 4.95. The van der Waals surface area contributed by atoms with Crippen molar-refractivity contribution < 1.29 is 19.2 Å². The van der Waals surface area contributed by atoms with Crippen LogP contribution in [-0.4, -0.2) is 11.1 Å². The summed E-state index contributed by atoms with van der Waals surface area (Å²) in [7, 11) is 1.95. The zero-order valence-electron chi connectivity index (χ0n) is 15.5. The van der Waals surface area contributed by atoms with E-state index in [1.807, 2.05) is 74.0 Å². The van der Waals surface area contributed by atoms with Gasteiger partial charge in [-0.15, -0.1) is 0 Å². The van der Waals surface area contributed by atoms with E-state index in [-0.39, 0.29) is 5.75 Å². The number of aromatic hydroxyl groups is 1. The van der Waals surface area contributed by atoms with Crippen LogP contribution in [0, 0.1) is 13.8 Å². The number of carbonyl (C=O) groups excluding carboxylic acids is 1. The van der Waals surface area contributed by atoms with Gasteiger partial charge in [0.1, 0.15) is 18.5 Å². The molecule has 0 aliphatic rings. The van der Waals surface area contributed by atoms with Gasteiger partial charge in [-0.25, -0.2) is 4.79 Å². The number of aromatic nitrogens is 1. The minimum Gasteiger partial charge on any atom is -0.508 e. The van der Waals surface area contributed by atoms with E-state index >= 15 is 0 Å². The maximum Gasteiger partial charge on any atom is 0.345 e. The van der Waals surface area contributed by atoms with Crippen LogP contribution >= 0.6 is 0 Å². The van der Waals surface area contributed by atoms with Crippen LogP contribution in [0.5, 0.6) is 11.5 Å². The average molecular weight is 358 g/mol. The fraction of sp³-hybridized carbons (Fsp3) is 0.130. The van der Waals surface area contributed by atoms with Crippen LogP contribution in [0.25, 0.3) is 21.8 Å². The van der Waals surface area contributed by atoms with Gasteiger partial charge in [0, 0.05) is 12.1 Å². The van der Waals surface area contributed by atoms with E-state index in [1.54, 1.807) is 12.1 Å². The van der Waals surface area contributed by atoms with Crippen LogP contribution in [0.4, 0.5) is 0 Å². The summed E-state index contributed by atoms with van der Waals surface area (Å²) < 4.78 is 7.84. The molecule has 0 bridgehead atoms. The first kappa shape index (κ1) is 17.0. The number of benzene rings is 3. The number of aryl methyl sites for hydroxylation is 3. The zero-order chi connectivity index (χ0) is 19.1. The summed E-state index contributed by atoms with van der Waals surface area (Å²) in [5.74, 6) is 0.256. The Balaban J connectivity index is 2.00. The second-order valence-corrected chi connectivity index (χ2v) is 6.76. The molecule has 3 aromatic carbocycles. The highest BCUT2D eigenvalue weighted by molar-refractivity contribution is 6.13. The van der Waals surface area contributed by atoms with Gasteiger partial charge < -0.3 is 9.84 Å². The summed E-state index contributed by atoms with van der Waals surface area (Å²) in [6.45, 7) is 3.84. The van der Waals surface area contributed by atoms with Crippen molar-refractivity contribution in [2.24, 2.45) is 7.05 Å². The molecule has 1 heterocycles. The molecule has 0 fully saturated rings. The molecule has 0 aliphatic carbocycles. The molecule has 4 nitrogen and oxygen atoms in total. The van der Waals surface area contributed by atoms with Crippen molar-refractivity contribution in [2.45, 2.75) is 13.8 Å². The summed E-state index contributed by atoms with van der Waals surface area (Å²) in [6.07, 6.45) is 0. The van der Waals surface area contributed by atoms with Crippen LogP contribution in [0.15, 0.2) is 60.7 Å².